The number of nitrogens with zero attached hydrogens (tertiary/aromatic N) is 2. The van der Waals surface area contributed by atoms with Crippen molar-refractivity contribution in [3.8, 4) is 11.8 Å². The van der Waals surface area contributed by atoms with Gasteiger partial charge in [-0.1, -0.05) is 24.0 Å². The van der Waals surface area contributed by atoms with Crippen molar-refractivity contribution in [1.29, 1.82) is 0 Å². The lowest BCUT2D eigenvalue weighted by Gasteiger charge is -2.25. The van der Waals surface area contributed by atoms with E-state index in [1.807, 2.05) is 12.1 Å². The van der Waals surface area contributed by atoms with E-state index in [9.17, 15) is 14.4 Å². The van der Waals surface area contributed by atoms with Crippen molar-refractivity contribution in [3.63, 3.8) is 0 Å². The molecule has 0 spiro atoms. The van der Waals surface area contributed by atoms with Crippen molar-refractivity contribution in [2.24, 2.45) is 0 Å². The van der Waals surface area contributed by atoms with E-state index in [0.717, 1.165) is 29.1 Å². The van der Waals surface area contributed by atoms with Gasteiger partial charge in [0.2, 0.25) is 5.91 Å². The van der Waals surface area contributed by atoms with E-state index in [0.29, 0.717) is 11.6 Å². The molecule has 1 saturated heterocycles. The predicted molar refractivity (Wildman–Crippen MR) is 130 cm³/mol. The minimum Gasteiger partial charge on any atom is -0.388 e. The molecule has 1 fully saturated rings. The highest BCUT2D eigenvalue weighted by molar-refractivity contribution is 6.10. The van der Waals surface area contributed by atoms with Gasteiger partial charge in [-0.2, -0.15) is 0 Å². The van der Waals surface area contributed by atoms with Crippen molar-refractivity contribution in [3.05, 3.63) is 70.8 Å². The number of aliphatic hydroxyl groups is 1. The summed E-state index contributed by atoms with van der Waals surface area (Å²) in [6, 6.07) is 14.2. The molecule has 0 aliphatic carbocycles. The molecule has 3 rings (SSSR count). The SMILES string of the molecule is CNC(=O)C(C(=O)CO)N(C)C(=O)c1ccc(C#Cc2ccc(CN3CCCC3C)cc2)cc1. The minimum absolute atomic E-state index is 0.313. The lowest BCUT2D eigenvalue weighted by Crippen LogP contribution is -2.52. The van der Waals surface area contributed by atoms with E-state index >= 15 is 0 Å². The van der Waals surface area contributed by atoms with Gasteiger partial charge in [-0.25, -0.2) is 0 Å². The second-order valence-corrected chi connectivity index (χ2v) is 8.54. The van der Waals surface area contributed by atoms with Crippen molar-refractivity contribution >= 4 is 17.6 Å². The van der Waals surface area contributed by atoms with Gasteiger partial charge in [0.15, 0.2) is 11.8 Å². The molecule has 34 heavy (non-hydrogen) atoms. The molecule has 0 radical (unpaired) electrons. The van der Waals surface area contributed by atoms with Gasteiger partial charge in [0.1, 0.15) is 6.61 Å². The third-order valence-electron chi connectivity index (χ3n) is 6.18. The van der Waals surface area contributed by atoms with Crippen LogP contribution in [0.3, 0.4) is 0 Å². The monoisotopic (exact) mass is 461 g/mol. The van der Waals surface area contributed by atoms with Gasteiger partial charge < -0.3 is 15.3 Å². The molecule has 7 heteroatoms. The summed E-state index contributed by atoms with van der Waals surface area (Å²) in [5.74, 6) is 4.33. The molecule has 0 bridgehead atoms. The van der Waals surface area contributed by atoms with Gasteiger partial charge in [-0.15, -0.1) is 0 Å². The quantitative estimate of drug-likeness (QED) is 0.485. The standard InChI is InChI=1S/C27H31N3O4/c1-19-5-4-16-30(19)17-22-10-8-20(9-11-22)6-7-21-12-14-23(15-13-21)27(34)29(3)25(24(32)18-31)26(33)28-2/h8-15,19,25,31H,4-5,16-18H2,1-3H3,(H,28,33). The van der Waals surface area contributed by atoms with Crippen molar-refractivity contribution < 1.29 is 19.5 Å². The Hall–Kier alpha value is -3.47. The third kappa shape index (κ3) is 6.10. The Morgan fingerprint density at radius 3 is 2.18 bits per heavy atom. The van der Waals surface area contributed by atoms with E-state index < -0.39 is 30.2 Å². The van der Waals surface area contributed by atoms with E-state index in [1.54, 1.807) is 24.3 Å². The van der Waals surface area contributed by atoms with Gasteiger partial charge >= 0.3 is 0 Å². The average Bonchev–Trinajstić information content (AvgIpc) is 3.27. The number of benzene rings is 2. The summed E-state index contributed by atoms with van der Waals surface area (Å²) in [5.41, 5.74) is 3.24. The van der Waals surface area contributed by atoms with Gasteiger partial charge in [0, 0.05) is 43.4 Å². The minimum atomic E-state index is -1.39. The van der Waals surface area contributed by atoms with Crippen molar-refractivity contribution in [1.82, 2.24) is 15.1 Å². The van der Waals surface area contributed by atoms with Gasteiger partial charge in [0.25, 0.3) is 5.91 Å². The molecule has 178 valence electrons. The van der Waals surface area contributed by atoms with E-state index in [4.69, 9.17) is 5.11 Å². The first-order valence-electron chi connectivity index (χ1n) is 11.4. The lowest BCUT2D eigenvalue weighted by molar-refractivity contribution is -0.135. The van der Waals surface area contributed by atoms with Crippen molar-refractivity contribution in [2.75, 3.05) is 27.2 Å². The van der Waals surface area contributed by atoms with E-state index in [2.05, 4.69) is 41.1 Å². The number of carbonyl (C=O) groups excluding carboxylic acids is 3. The van der Waals surface area contributed by atoms with Crippen LogP contribution in [0, 0.1) is 11.8 Å². The van der Waals surface area contributed by atoms with Crippen LogP contribution in [0.4, 0.5) is 0 Å². The maximum Gasteiger partial charge on any atom is 0.254 e. The summed E-state index contributed by atoms with van der Waals surface area (Å²) in [7, 11) is 2.73. The van der Waals surface area contributed by atoms with Crippen LogP contribution in [-0.2, 0) is 16.1 Å². The Labute approximate surface area is 200 Å². The summed E-state index contributed by atoms with van der Waals surface area (Å²) < 4.78 is 0. The number of hydrogen-bond acceptors (Lipinski definition) is 5. The average molecular weight is 462 g/mol. The highest BCUT2D eigenvalue weighted by atomic mass is 16.3. The van der Waals surface area contributed by atoms with Gasteiger partial charge in [0.05, 0.1) is 0 Å². The fourth-order valence-electron chi connectivity index (χ4n) is 4.08. The first-order chi connectivity index (χ1) is 16.3. The topological polar surface area (TPSA) is 90.0 Å². The molecule has 1 aliphatic heterocycles. The number of aliphatic hydroxyl groups excluding tert-OH is 1. The zero-order valence-corrected chi connectivity index (χ0v) is 19.9. The molecule has 2 aromatic rings. The highest BCUT2D eigenvalue weighted by Gasteiger charge is 2.32. The molecule has 2 unspecified atom stereocenters. The molecule has 2 N–H and O–H groups in total. The van der Waals surface area contributed by atoms with E-state index in [1.165, 1.54) is 32.5 Å². The van der Waals surface area contributed by atoms with Crippen LogP contribution >= 0.6 is 0 Å². The number of likely N-dealkylation sites (tertiary alicyclic amines) is 1. The Morgan fingerprint density at radius 1 is 1.09 bits per heavy atom. The van der Waals surface area contributed by atoms with Crippen LogP contribution in [0.2, 0.25) is 0 Å². The second kappa shape index (κ2) is 11.6. The predicted octanol–water partition coefficient (Wildman–Crippen LogP) is 1.82. The summed E-state index contributed by atoms with van der Waals surface area (Å²) >= 11 is 0. The number of Topliss-reactive ketones (excluding diaryl/α,β-unsaturated/α-hetero) is 1. The summed E-state index contributed by atoms with van der Waals surface area (Å²) in [4.78, 5) is 40.3. The molecule has 7 nitrogen and oxygen atoms in total. The molecule has 0 aromatic heterocycles. The largest absolute Gasteiger partial charge is 0.388 e. The molecule has 2 amide bonds. The number of likely N-dealkylation sites (N-methyl/N-ethyl adjacent to an activating group) is 2. The maximum absolute atomic E-state index is 12.8. The summed E-state index contributed by atoms with van der Waals surface area (Å²) in [6.07, 6.45) is 2.53. The maximum atomic E-state index is 12.8. The number of amides is 2. The fourth-order valence-corrected chi connectivity index (χ4v) is 4.08. The zero-order valence-electron chi connectivity index (χ0n) is 19.9. The van der Waals surface area contributed by atoms with Crippen LogP contribution in [0.5, 0.6) is 0 Å². The zero-order chi connectivity index (χ0) is 24.7. The Kier molecular flexibility index (Phi) is 8.58. The summed E-state index contributed by atoms with van der Waals surface area (Å²) in [5, 5.41) is 11.5. The molecular formula is C27H31N3O4. The normalized spacial score (nSPS) is 16.3. The third-order valence-corrected chi connectivity index (χ3v) is 6.18. The first kappa shape index (κ1) is 25.2. The molecule has 1 heterocycles. The van der Waals surface area contributed by atoms with Crippen LogP contribution in [-0.4, -0.2) is 71.8 Å². The molecule has 2 atom stereocenters. The van der Waals surface area contributed by atoms with E-state index in [-0.39, 0.29) is 0 Å². The Bertz CT molecular complexity index is 1070. The number of carbonyl (C=O) groups is 3. The Balaban J connectivity index is 1.65. The molecular weight excluding hydrogens is 430 g/mol. The lowest BCUT2D eigenvalue weighted by atomic mass is 10.1. The van der Waals surface area contributed by atoms with Crippen molar-refractivity contribution in [2.45, 2.75) is 38.4 Å². The van der Waals surface area contributed by atoms with Crippen LogP contribution in [0.15, 0.2) is 48.5 Å². The van der Waals surface area contributed by atoms with Gasteiger partial charge in [-0.05, 0) is 68.3 Å². The fraction of sp³-hybridized carbons (Fsp3) is 0.370. The molecule has 2 aromatic carbocycles. The summed E-state index contributed by atoms with van der Waals surface area (Å²) in [6.45, 7) is 3.56. The number of rotatable bonds is 7. The van der Waals surface area contributed by atoms with Gasteiger partial charge in [-0.3, -0.25) is 19.3 Å². The van der Waals surface area contributed by atoms with Crippen LogP contribution in [0.1, 0.15) is 46.8 Å². The molecule has 0 saturated carbocycles. The second-order valence-electron chi connectivity index (χ2n) is 8.54. The Morgan fingerprint density at radius 2 is 1.68 bits per heavy atom. The smallest absolute Gasteiger partial charge is 0.254 e. The number of hydrogen-bond donors (Lipinski definition) is 2. The highest BCUT2D eigenvalue weighted by Crippen LogP contribution is 2.19. The molecule has 1 aliphatic rings. The number of ketones is 1. The first-order valence-corrected chi connectivity index (χ1v) is 11.4. The van der Waals surface area contributed by atoms with Crippen LogP contribution in [0.25, 0.3) is 0 Å². The number of nitrogens with one attached hydrogen (secondary N) is 1. The van der Waals surface area contributed by atoms with Crippen LogP contribution < -0.4 is 5.32 Å².